The van der Waals surface area contributed by atoms with Gasteiger partial charge in [0.2, 0.25) is 5.66 Å². The molecule has 60 heavy (non-hydrogen) atoms. The highest BCUT2D eigenvalue weighted by Crippen LogP contribution is 2.53. The van der Waals surface area contributed by atoms with Crippen molar-refractivity contribution in [1.29, 1.82) is 0 Å². The fraction of sp³-hybridized carbons (Fsp3) is 0.717. The number of hydrogen-bond donors (Lipinski definition) is 2. The van der Waals surface area contributed by atoms with Crippen molar-refractivity contribution in [3.05, 3.63) is 48.2 Å². The zero-order chi connectivity index (χ0) is 42.2. The number of nitrogens with zero attached hydrogens (tertiary/aromatic N) is 7. The van der Waals surface area contributed by atoms with Crippen LogP contribution in [0.5, 0.6) is 0 Å². The smallest absolute Gasteiger partial charge is 0.281 e. The van der Waals surface area contributed by atoms with Crippen LogP contribution in [-0.4, -0.2) is 99.5 Å². The Balaban J connectivity index is 1.32. The fourth-order valence-corrected chi connectivity index (χ4v) is 11.3. The Morgan fingerprint density at radius 2 is 1.05 bits per heavy atom. The van der Waals surface area contributed by atoms with Crippen LogP contribution in [0.1, 0.15) is 137 Å². The zero-order valence-corrected chi connectivity index (χ0v) is 36.3. The molecule has 0 radical (unpaired) electrons. The van der Waals surface area contributed by atoms with E-state index < -0.39 is 28.7 Å². The molecule has 2 N–H and O–H groups in total. The molecule has 0 spiro atoms. The Bertz CT molecular complexity index is 1840. The summed E-state index contributed by atoms with van der Waals surface area (Å²) < 4.78 is 16.4. The lowest BCUT2D eigenvalue weighted by molar-refractivity contribution is -0.177. The van der Waals surface area contributed by atoms with E-state index >= 15 is 14.4 Å². The summed E-state index contributed by atoms with van der Waals surface area (Å²) in [5.41, 5.74) is -4.03. The summed E-state index contributed by atoms with van der Waals surface area (Å²) in [6, 6.07) is 3.45. The first-order valence-electron chi connectivity index (χ1n) is 22.9. The van der Waals surface area contributed by atoms with Crippen molar-refractivity contribution < 1.29 is 34.1 Å². The van der Waals surface area contributed by atoms with Crippen molar-refractivity contribution in [3.63, 3.8) is 0 Å². The van der Waals surface area contributed by atoms with Crippen LogP contribution in [-0.2, 0) is 36.9 Å². The van der Waals surface area contributed by atoms with Crippen molar-refractivity contribution in [3.8, 4) is 0 Å². The van der Waals surface area contributed by atoms with Gasteiger partial charge in [0, 0.05) is 42.6 Å². The minimum atomic E-state index is -1.83. The predicted octanol–water partition coefficient (Wildman–Crippen LogP) is 6.74. The second-order valence-corrected chi connectivity index (χ2v) is 19.8. The van der Waals surface area contributed by atoms with E-state index in [0.29, 0.717) is 11.5 Å². The van der Waals surface area contributed by atoms with Gasteiger partial charge in [-0.3, -0.25) is 33.5 Å². The lowest BCUT2D eigenvalue weighted by Gasteiger charge is -2.55. The van der Waals surface area contributed by atoms with E-state index in [0.717, 1.165) is 109 Å². The van der Waals surface area contributed by atoms with Gasteiger partial charge in [-0.1, -0.05) is 32.1 Å². The Morgan fingerprint density at radius 1 is 0.667 bits per heavy atom. The predicted molar refractivity (Wildman–Crippen MR) is 225 cm³/mol. The third kappa shape index (κ3) is 9.05. The van der Waals surface area contributed by atoms with E-state index in [-0.39, 0.29) is 73.7 Å². The van der Waals surface area contributed by atoms with Crippen LogP contribution in [0.3, 0.4) is 0 Å². The number of aromatic nitrogens is 4. The molecule has 2 aliphatic heterocycles. The van der Waals surface area contributed by atoms with E-state index in [2.05, 4.69) is 0 Å². The molecule has 1 atom stereocenters. The fourth-order valence-electron chi connectivity index (χ4n) is 11.3. The van der Waals surface area contributed by atoms with Crippen LogP contribution in [0.4, 0.5) is 11.6 Å². The molecule has 14 nitrogen and oxygen atoms in total. The van der Waals surface area contributed by atoms with Crippen molar-refractivity contribution in [2.75, 3.05) is 18.0 Å². The number of aliphatic hydroxyl groups is 2. The Morgan fingerprint density at radius 3 is 1.45 bits per heavy atom. The SMILES string of the molecule is CC(C)(O)Cn1ccc(N(C(=O)C(C(C2CCCC2)C2CCCC2)(N2CC(OC3CCCCC3)=CC2=O)N2CC(OC3CCCC3)=CC2=O)c2ccn(CC(C)(C)O)n2)n1. The second kappa shape index (κ2) is 17.3. The van der Waals surface area contributed by atoms with Crippen molar-refractivity contribution in [2.45, 2.75) is 179 Å². The summed E-state index contributed by atoms with van der Waals surface area (Å²) in [7, 11) is 0. The van der Waals surface area contributed by atoms with Crippen LogP contribution in [0.2, 0.25) is 0 Å². The second-order valence-electron chi connectivity index (χ2n) is 19.8. The first-order chi connectivity index (χ1) is 28.7. The summed E-state index contributed by atoms with van der Waals surface area (Å²) in [5, 5.41) is 31.4. The topological polar surface area (TPSA) is 155 Å². The summed E-state index contributed by atoms with van der Waals surface area (Å²) in [6.07, 6.45) is 23.2. The van der Waals surface area contributed by atoms with Crippen molar-refractivity contribution in [1.82, 2.24) is 29.4 Å². The van der Waals surface area contributed by atoms with Crippen molar-refractivity contribution >= 4 is 29.4 Å². The van der Waals surface area contributed by atoms with E-state index in [4.69, 9.17) is 19.7 Å². The highest BCUT2D eigenvalue weighted by molar-refractivity contribution is 6.10. The normalized spacial score (nSPS) is 22.6. The summed E-state index contributed by atoms with van der Waals surface area (Å²) in [4.78, 5) is 51.9. The average molecular weight is 830 g/mol. The van der Waals surface area contributed by atoms with E-state index in [1.54, 1.807) is 83.5 Å². The van der Waals surface area contributed by atoms with Gasteiger partial charge >= 0.3 is 0 Å². The van der Waals surface area contributed by atoms with Crippen LogP contribution in [0.25, 0.3) is 0 Å². The summed E-state index contributed by atoms with van der Waals surface area (Å²) >= 11 is 0. The van der Waals surface area contributed by atoms with Crippen molar-refractivity contribution in [2.24, 2.45) is 17.8 Å². The molecule has 6 aliphatic rings. The molecule has 3 amide bonds. The molecule has 2 aromatic heterocycles. The van der Waals surface area contributed by atoms with E-state index in [1.807, 2.05) is 0 Å². The third-order valence-corrected chi connectivity index (χ3v) is 13.6. The van der Waals surface area contributed by atoms with Gasteiger partial charge in [0.05, 0.1) is 49.6 Å². The standard InChI is InChI=1S/C46H67N7O7/c1-44(2,57)30-49-24-22-38(47-49)53(39-23-25-50(48-39)31-45(3,4)58)43(56)46(42(32-14-8-9-15-32)33-16-10-11-17-33,52-29-37(27-41(52)55)60-35-20-12-13-21-35)51-28-36(26-40(51)54)59-34-18-6-5-7-19-34/h22-27,32-35,42,57-58H,5-21,28-31H2,1-4H3. The molecule has 0 saturated heterocycles. The number of carbonyl (C=O) groups excluding carboxylic acids is 3. The molecular weight excluding hydrogens is 763 g/mol. The molecule has 4 heterocycles. The molecule has 1 unspecified atom stereocenters. The highest BCUT2D eigenvalue weighted by Gasteiger charge is 2.65. The van der Waals surface area contributed by atoms with Gasteiger partial charge in [-0.2, -0.15) is 10.2 Å². The molecule has 328 valence electrons. The molecule has 2 aromatic rings. The van der Waals surface area contributed by atoms with Gasteiger partial charge in [-0.05, 0) is 117 Å². The first kappa shape index (κ1) is 42.5. The molecule has 0 aromatic carbocycles. The van der Waals surface area contributed by atoms with Gasteiger partial charge in [0.25, 0.3) is 17.7 Å². The maximum absolute atomic E-state index is 16.9. The molecule has 14 heteroatoms. The van der Waals surface area contributed by atoms with Crippen LogP contribution >= 0.6 is 0 Å². The van der Waals surface area contributed by atoms with Gasteiger partial charge in [0.1, 0.15) is 11.5 Å². The zero-order valence-electron chi connectivity index (χ0n) is 36.3. The maximum atomic E-state index is 16.9. The summed E-state index contributed by atoms with van der Waals surface area (Å²) in [5.74, 6) is 0.0544. The highest BCUT2D eigenvalue weighted by atomic mass is 16.5. The molecule has 8 rings (SSSR count). The number of hydrogen-bond acceptors (Lipinski definition) is 9. The van der Waals surface area contributed by atoms with E-state index in [9.17, 15) is 10.2 Å². The Kier molecular flexibility index (Phi) is 12.3. The monoisotopic (exact) mass is 830 g/mol. The average Bonchev–Trinajstić information content (AvgIpc) is 4.03. The Hall–Kier alpha value is -4.17. The van der Waals surface area contributed by atoms with Crippen LogP contribution < -0.4 is 4.90 Å². The molecule has 4 saturated carbocycles. The Labute approximate surface area is 354 Å². The lowest BCUT2D eigenvalue weighted by atomic mass is 9.69. The minimum Gasteiger partial charge on any atom is -0.493 e. The summed E-state index contributed by atoms with van der Waals surface area (Å²) in [6.45, 7) is 7.21. The number of carbonyl (C=O) groups is 3. The number of rotatable bonds is 16. The number of amides is 3. The van der Waals surface area contributed by atoms with Gasteiger partial charge in [-0.15, -0.1) is 0 Å². The van der Waals surface area contributed by atoms with Crippen LogP contribution in [0, 0.1) is 17.8 Å². The number of ether oxygens (including phenoxy) is 2. The quantitative estimate of drug-likeness (QED) is 0.187. The van der Waals surface area contributed by atoms with E-state index in [1.165, 1.54) is 4.90 Å². The third-order valence-electron chi connectivity index (χ3n) is 13.6. The minimum absolute atomic E-state index is 0.00359. The number of anilines is 2. The molecule has 4 aliphatic carbocycles. The van der Waals surface area contributed by atoms with Gasteiger partial charge < -0.3 is 19.7 Å². The van der Waals surface area contributed by atoms with Gasteiger partial charge in [-0.25, -0.2) is 4.90 Å². The molecular formula is C46H67N7O7. The van der Waals surface area contributed by atoms with Crippen LogP contribution in [0.15, 0.2) is 48.2 Å². The molecule has 4 fully saturated rings. The first-order valence-corrected chi connectivity index (χ1v) is 22.9. The molecule has 0 bridgehead atoms. The van der Waals surface area contributed by atoms with Gasteiger partial charge in [0.15, 0.2) is 11.6 Å². The largest absolute Gasteiger partial charge is 0.493 e. The maximum Gasteiger partial charge on any atom is 0.281 e. The lowest BCUT2D eigenvalue weighted by Crippen LogP contribution is -2.75.